The first kappa shape index (κ1) is 16.9. The maximum atomic E-state index is 12.3. The molecule has 0 fully saturated rings. The summed E-state index contributed by atoms with van der Waals surface area (Å²) in [6, 6.07) is 6.92. The molecule has 0 saturated heterocycles. The van der Waals surface area contributed by atoms with Gasteiger partial charge in [0, 0.05) is 11.5 Å². The first-order valence-electron chi connectivity index (χ1n) is 6.86. The predicted octanol–water partition coefficient (Wildman–Crippen LogP) is 2.86. The average Bonchev–Trinajstić information content (AvgIpc) is 2.37. The van der Waals surface area contributed by atoms with Gasteiger partial charge in [-0.3, -0.25) is 0 Å². The van der Waals surface area contributed by atoms with E-state index in [2.05, 4.69) is 0 Å². The number of hydrogen-bond acceptors (Lipinski definition) is 4. The van der Waals surface area contributed by atoms with Crippen molar-refractivity contribution in [3.05, 3.63) is 29.8 Å². The molecule has 112 valence electrons. The van der Waals surface area contributed by atoms with Crippen molar-refractivity contribution in [2.45, 2.75) is 39.9 Å². The van der Waals surface area contributed by atoms with Crippen molar-refractivity contribution in [1.29, 1.82) is 0 Å². The number of ether oxygens (including phenoxy) is 2. The second-order valence-corrected chi connectivity index (χ2v) is 6.98. The Morgan fingerprint density at radius 3 is 2.40 bits per heavy atom. The van der Waals surface area contributed by atoms with Crippen molar-refractivity contribution in [1.82, 2.24) is 0 Å². The highest BCUT2D eigenvalue weighted by molar-refractivity contribution is 7.53. The number of hydrogen-bond donors (Lipinski definition) is 0. The second-order valence-electron chi connectivity index (χ2n) is 5.09. The molecule has 20 heavy (non-hydrogen) atoms. The van der Waals surface area contributed by atoms with Crippen LogP contribution in [0, 0.1) is 0 Å². The van der Waals surface area contributed by atoms with Crippen LogP contribution < -0.4 is 5.30 Å². The maximum absolute atomic E-state index is 12.3. The van der Waals surface area contributed by atoms with Crippen LogP contribution in [0.3, 0.4) is 0 Å². The molecule has 0 aliphatic rings. The molecule has 0 saturated carbocycles. The van der Waals surface area contributed by atoms with E-state index in [1.54, 1.807) is 38.1 Å². The molecule has 0 aromatic heterocycles. The number of carbonyl (C=O) groups is 1. The van der Waals surface area contributed by atoms with Crippen molar-refractivity contribution < 1.29 is 18.8 Å². The third-order valence-electron chi connectivity index (χ3n) is 2.57. The van der Waals surface area contributed by atoms with E-state index in [4.69, 9.17) is 9.47 Å². The Bertz CT molecular complexity index is 469. The Kier molecular flexibility index (Phi) is 6.97. The molecule has 1 atom stereocenters. The summed E-state index contributed by atoms with van der Waals surface area (Å²) in [5, 5.41) is 0.579. The first-order chi connectivity index (χ1) is 9.41. The fourth-order valence-electron chi connectivity index (χ4n) is 1.70. The highest BCUT2D eigenvalue weighted by Crippen LogP contribution is 2.22. The molecule has 5 heteroatoms. The quantitative estimate of drug-likeness (QED) is 0.574. The fraction of sp³-hybridized carbons (Fsp3) is 0.533. The third kappa shape index (κ3) is 5.48. The maximum Gasteiger partial charge on any atom is 0.339 e. The zero-order valence-electron chi connectivity index (χ0n) is 12.5. The lowest BCUT2D eigenvalue weighted by molar-refractivity contribution is 0.0379. The minimum atomic E-state index is -2.05. The normalized spacial score (nSPS) is 12.7. The van der Waals surface area contributed by atoms with Crippen molar-refractivity contribution in [3.63, 3.8) is 0 Å². The molecule has 1 rings (SSSR count). The summed E-state index contributed by atoms with van der Waals surface area (Å²) < 4.78 is 22.9. The van der Waals surface area contributed by atoms with Gasteiger partial charge >= 0.3 is 5.97 Å². The summed E-state index contributed by atoms with van der Waals surface area (Å²) in [6.07, 6.45) is 0.363. The topological polar surface area (TPSA) is 52.6 Å². The second kappa shape index (κ2) is 8.23. The molecule has 1 unspecified atom stereocenters. The molecule has 0 spiro atoms. The Morgan fingerprint density at radius 2 is 1.80 bits per heavy atom. The molecule has 4 nitrogen and oxygen atoms in total. The Labute approximate surface area is 121 Å². The summed E-state index contributed by atoms with van der Waals surface area (Å²) in [5.74, 6) is -0.418. The molecule has 0 aliphatic carbocycles. The van der Waals surface area contributed by atoms with E-state index in [9.17, 15) is 9.36 Å². The van der Waals surface area contributed by atoms with Gasteiger partial charge in [0.15, 0.2) is 0 Å². The van der Waals surface area contributed by atoms with Gasteiger partial charge in [0.25, 0.3) is 0 Å². The monoisotopic (exact) mass is 298 g/mol. The number of carbonyl (C=O) groups excluding carboxylic acids is 1. The third-order valence-corrected chi connectivity index (χ3v) is 4.27. The van der Waals surface area contributed by atoms with Gasteiger partial charge in [0.05, 0.1) is 24.4 Å². The zero-order valence-corrected chi connectivity index (χ0v) is 13.5. The Morgan fingerprint density at radius 1 is 1.15 bits per heavy atom. The minimum Gasteiger partial charge on any atom is -0.459 e. The average molecular weight is 298 g/mol. The molecule has 1 aromatic rings. The SMILES string of the molecule is CC(C)OCC[PH](=O)c1ccccc1C(=O)OC(C)C. The number of rotatable bonds is 7. The predicted molar refractivity (Wildman–Crippen MR) is 81.6 cm³/mol. The summed E-state index contributed by atoms with van der Waals surface area (Å²) in [5.41, 5.74) is 0.398. The molecule has 0 amide bonds. The standard InChI is InChI=1S/C15H23O4P/c1-11(2)18-9-10-20(17)14-8-6-5-7-13(14)15(16)19-12(3)4/h5-8,11-12,20H,9-10H2,1-4H3. The number of benzene rings is 1. The van der Waals surface area contributed by atoms with E-state index in [1.807, 2.05) is 13.8 Å². The van der Waals surface area contributed by atoms with Gasteiger partial charge in [-0.05, 0) is 33.8 Å². The van der Waals surface area contributed by atoms with Crippen molar-refractivity contribution >= 4 is 19.1 Å². The zero-order chi connectivity index (χ0) is 15.1. The lowest BCUT2D eigenvalue weighted by atomic mass is 10.2. The van der Waals surface area contributed by atoms with E-state index >= 15 is 0 Å². The molecule has 0 heterocycles. The lowest BCUT2D eigenvalue weighted by Gasteiger charge is -2.12. The van der Waals surface area contributed by atoms with Gasteiger partial charge in [-0.25, -0.2) is 4.79 Å². The molecule has 0 radical (unpaired) electrons. The van der Waals surface area contributed by atoms with E-state index in [0.717, 1.165) is 0 Å². The molecule has 0 N–H and O–H groups in total. The molecule has 0 aliphatic heterocycles. The van der Waals surface area contributed by atoms with Gasteiger partial charge in [-0.15, -0.1) is 0 Å². The highest BCUT2D eigenvalue weighted by Gasteiger charge is 2.17. The van der Waals surface area contributed by atoms with E-state index in [-0.39, 0.29) is 12.2 Å². The van der Waals surface area contributed by atoms with Gasteiger partial charge < -0.3 is 14.0 Å². The van der Waals surface area contributed by atoms with E-state index in [0.29, 0.717) is 23.6 Å². The van der Waals surface area contributed by atoms with Crippen molar-refractivity contribution in [2.24, 2.45) is 0 Å². The summed E-state index contributed by atoms with van der Waals surface area (Å²) in [4.78, 5) is 12.0. The molecular formula is C15H23O4P. The van der Waals surface area contributed by atoms with Crippen LogP contribution >= 0.6 is 7.80 Å². The van der Waals surface area contributed by atoms with Crippen LogP contribution in [0.2, 0.25) is 0 Å². The smallest absolute Gasteiger partial charge is 0.339 e. The number of esters is 1. The van der Waals surface area contributed by atoms with Crippen LogP contribution in [-0.4, -0.2) is 30.9 Å². The largest absolute Gasteiger partial charge is 0.459 e. The van der Waals surface area contributed by atoms with Crippen molar-refractivity contribution in [2.75, 3.05) is 12.8 Å². The summed E-state index contributed by atoms with van der Waals surface area (Å²) in [6.45, 7) is 7.89. The summed E-state index contributed by atoms with van der Waals surface area (Å²) in [7, 11) is -2.05. The van der Waals surface area contributed by atoms with E-state index < -0.39 is 13.8 Å². The minimum absolute atomic E-state index is 0.117. The van der Waals surface area contributed by atoms with Crippen LogP contribution in [0.4, 0.5) is 0 Å². The van der Waals surface area contributed by atoms with Crippen LogP contribution in [-0.2, 0) is 14.0 Å². The van der Waals surface area contributed by atoms with Gasteiger partial charge in [0.2, 0.25) is 0 Å². The van der Waals surface area contributed by atoms with Crippen molar-refractivity contribution in [3.8, 4) is 0 Å². The highest BCUT2D eigenvalue weighted by atomic mass is 31.1. The Balaban J connectivity index is 2.79. The van der Waals surface area contributed by atoms with Crippen LogP contribution in [0.1, 0.15) is 38.1 Å². The fourth-order valence-corrected chi connectivity index (χ4v) is 3.04. The van der Waals surface area contributed by atoms with Crippen LogP contribution in [0.15, 0.2) is 24.3 Å². The first-order valence-corrected chi connectivity index (χ1v) is 8.48. The van der Waals surface area contributed by atoms with E-state index in [1.165, 1.54) is 0 Å². The van der Waals surface area contributed by atoms with Gasteiger partial charge in [-0.1, -0.05) is 18.2 Å². The lowest BCUT2D eigenvalue weighted by Crippen LogP contribution is -2.19. The Hall–Kier alpha value is -1.12. The molecule has 1 aromatic carbocycles. The molecular weight excluding hydrogens is 275 g/mol. The van der Waals surface area contributed by atoms with Crippen LogP contribution in [0.25, 0.3) is 0 Å². The van der Waals surface area contributed by atoms with Gasteiger partial charge in [0.1, 0.15) is 7.80 Å². The van der Waals surface area contributed by atoms with Gasteiger partial charge in [-0.2, -0.15) is 0 Å². The molecule has 0 bridgehead atoms. The summed E-state index contributed by atoms with van der Waals surface area (Å²) >= 11 is 0. The van der Waals surface area contributed by atoms with Crippen LogP contribution in [0.5, 0.6) is 0 Å².